The van der Waals surface area contributed by atoms with Gasteiger partial charge in [0.05, 0.1) is 11.9 Å². The Labute approximate surface area is 130 Å². The Morgan fingerprint density at radius 2 is 2.05 bits per heavy atom. The van der Waals surface area contributed by atoms with Crippen molar-refractivity contribution in [2.75, 3.05) is 0 Å². The lowest BCUT2D eigenvalue weighted by Gasteiger charge is -2.05. The summed E-state index contributed by atoms with van der Waals surface area (Å²) in [5.74, 6) is 0.517. The second-order valence-corrected chi connectivity index (χ2v) is 6.50. The maximum Gasteiger partial charge on any atom is 0.347 e. The van der Waals surface area contributed by atoms with Crippen LogP contribution in [0.25, 0.3) is 10.2 Å². The molecule has 3 aromatic rings. The van der Waals surface area contributed by atoms with Crippen LogP contribution in [0.15, 0.2) is 17.2 Å². The minimum atomic E-state index is -0.320. The van der Waals surface area contributed by atoms with Crippen molar-refractivity contribution >= 4 is 33.2 Å². The van der Waals surface area contributed by atoms with E-state index in [1.807, 2.05) is 20.8 Å². The molecule has 0 saturated heterocycles. The van der Waals surface area contributed by atoms with Crippen molar-refractivity contribution in [3.8, 4) is 0 Å². The zero-order chi connectivity index (χ0) is 15.1. The minimum absolute atomic E-state index is 0.263. The summed E-state index contributed by atoms with van der Waals surface area (Å²) in [4.78, 5) is 26.4. The standard InChI is InChI=1S/C14H13ClN4OS/c1-7-4-16-14(20)19(5-7)6-10-17-12(15)11-8(2)9(3)21-13(11)18-10/h4-5H,6H2,1-3H3. The topological polar surface area (TPSA) is 60.7 Å². The largest absolute Gasteiger partial charge is 0.347 e. The van der Waals surface area contributed by atoms with Gasteiger partial charge in [0.2, 0.25) is 0 Å². The normalized spacial score (nSPS) is 11.2. The van der Waals surface area contributed by atoms with Crippen molar-refractivity contribution in [3.05, 3.63) is 49.9 Å². The summed E-state index contributed by atoms with van der Waals surface area (Å²) >= 11 is 7.86. The summed E-state index contributed by atoms with van der Waals surface area (Å²) in [7, 11) is 0. The lowest BCUT2D eigenvalue weighted by atomic mass is 10.2. The predicted molar refractivity (Wildman–Crippen MR) is 84.2 cm³/mol. The molecule has 108 valence electrons. The van der Waals surface area contributed by atoms with Gasteiger partial charge in [-0.25, -0.2) is 19.7 Å². The Kier molecular flexibility index (Phi) is 3.51. The molecule has 0 aliphatic heterocycles. The monoisotopic (exact) mass is 320 g/mol. The van der Waals surface area contributed by atoms with Gasteiger partial charge in [0, 0.05) is 17.3 Å². The number of fused-ring (bicyclic) bond motifs is 1. The minimum Gasteiger partial charge on any atom is -0.291 e. The molecule has 3 rings (SSSR count). The maximum atomic E-state index is 11.7. The Hall–Kier alpha value is -1.79. The van der Waals surface area contributed by atoms with E-state index in [0.29, 0.717) is 11.0 Å². The van der Waals surface area contributed by atoms with Crippen LogP contribution in [-0.4, -0.2) is 19.5 Å². The molecule has 0 unspecified atom stereocenters. The third-order valence-electron chi connectivity index (χ3n) is 3.33. The average Bonchev–Trinajstić information content (AvgIpc) is 2.70. The van der Waals surface area contributed by atoms with Crippen molar-refractivity contribution in [1.82, 2.24) is 19.5 Å². The molecule has 3 aromatic heterocycles. The molecule has 0 aliphatic carbocycles. The first-order valence-electron chi connectivity index (χ1n) is 6.41. The summed E-state index contributed by atoms with van der Waals surface area (Å²) in [6.45, 7) is 6.19. The van der Waals surface area contributed by atoms with Crippen molar-refractivity contribution < 1.29 is 0 Å². The van der Waals surface area contributed by atoms with Crippen LogP contribution in [0, 0.1) is 20.8 Å². The van der Waals surface area contributed by atoms with E-state index in [2.05, 4.69) is 15.0 Å². The van der Waals surface area contributed by atoms with Crippen LogP contribution < -0.4 is 5.69 Å². The number of thiophene rings is 1. The quantitative estimate of drug-likeness (QED) is 0.681. The highest BCUT2D eigenvalue weighted by molar-refractivity contribution is 7.18. The molecule has 7 heteroatoms. The third-order valence-corrected chi connectivity index (χ3v) is 4.70. The third kappa shape index (κ3) is 2.56. The van der Waals surface area contributed by atoms with E-state index in [9.17, 15) is 4.79 Å². The van der Waals surface area contributed by atoms with Crippen LogP contribution in [-0.2, 0) is 6.54 Å². The molecular weight excluding hydrogens is 308 g/mol. The maximum absolute atomic E-state index is 11.7. The Morgan fingerprint density at radius 1 is 1.29 bits per heavy atom. The lowest BCUT2D eigenvalue weighted by molar-refractivity contribution is 0.689. The van der Waals surface area contributed by atoms with E-state index in [0.717, 1.165) is 21.3 Å². The van der Waals surface area contributed by atoms with Gasteiger partial charge >= 0.3 is 5.69 Å². The number of nitrogens with zero attached hydrogens (tertiary/aromatic N) is 4. The number of hydrogen-bond acceptors (Lipinski definition) is 5. The van der Waals surface area contributed by atoms with Crippen molar-refractivity contribution in [2.24, 2.45) is 0 Å². The number of rotatable bonds is 2. The number of halogens is 1. The van der Waals surface area contributed by atoms with Crippen LogP contribution in [0.3, 0.4) is 0 Å². The van der Waals surface area contributed by atoms with Gasteiger partial charge in [-0.3, -0.25) is 4.57 Å². The molecule has 3 heterocycles. The van der Waals surface area contributed by atoms with Gasteiger partial charge < -0.3 is 0 Å². The van der Waals surface area contributed by atoms with E-state index in [1.165, 1.54) is 9.44 Å². The fraction of sp³-hybridized carbons (Fsp3) is 0.286. The highest BCUT2D eigenvalue weighted by atomic mass is 35.5. The molecule has 5 nitrogen and oxygen atoms in total. The molecule has 0 spiro atoms. The molecule has 0 N–H and O–H groups in total. The fourth-order valence-corrected chi connectivity index (χ4v) is 3.58. The number of hydrogen-bond donors (Lipinski definition) is 0. The summed E-state index contributed by atoms with van der Waals surface area (Å²) in [6, 6.07) is 0. The van der Waals surface area contributed by atoms with Gasteiger partial charge in [-0.2, -0.15) is 0 Å². The van der Waals surface area contributed by atoms with Gasteiger partial charge in [0.15, 0.2) is 5.82 Å². The molecule has 21 heavy (non-hydrogen) atoms. The summed E-state index contributed by atoms with van der Waals surface area (Å²) in [5, 5.41) is 1.34. The van der Waals surface area contributed by atoms with Crippen LogP contribution in [0.2, 0.25) is 5.15 Å². The number of aromatic nitrogens is 4. The van der Waals surface area contributed by atoms with E-state index in [4.69, 9.17) is 11.6 Å². The van der Waals surface area contributed by atoms with Crippen LogP contribution >= 0.6 is 22.9 Å². The first-order valence-corrected chi connectivity index (χ1v) is 7.60. The van der Waals surface area contributed by atoms with Crippen LogP contribution in [0.5, 0.6) is 0 Å². The Bertz CT molecular complexity index is 900. The predicted octanol–water partition coefficient (Wildman–Crippen LogP) is 2.87. The van der Waals surface area contributed by atoms with Crippen molar-refractivity contribution in [3.63, 3.8) is 0 Å². The second kappa shape index (κ2) is 5.20. The first-order chi connectivity index (χ1) is 9.95. The number of aryl methyl sites for hydroxylation is 3. The zero-order valence-electron chi connectivity index (χ0n) is 11.8. The zero-order valence-corrected chi connectivity index (χ0v) is 13.4. The smallest absolute Gasteiger partial charge is 0.291 e. The van der Waals surface area contributed by atoms with Crippen molar-refractivity contribution in [2.45, 2.75) is 27.3 Å². The summed E-state index contributed by atoms with van der Waals surface area (Å²) < 4.78 is 1.49. The van der Waals surface area contributed by atoms with Gasteiger partial charge in [-0.15, -0.1) is 11.3 Å². The average molecular weight is 321 g/mol. The SMILES string of the molecule is Cc1cnc(=O)n(Cc2nc(Cl)c3c(C)c(C)sc3n2)c1. The highest BCUT2D eigenvalue weighted by Gasteiger charge is 2.13. The van der Waals surface area contributed by atoms with Gasteiger partial charge in [0.1, 0.15) is 9.98 Å². The van der Waals surface area contributed by atoms with Gasteiger partial charge in [0.25, 0.3) is 0 Å². The fourth-order valence-electron chi connectivity index (χ4n) is 2.14. The van der Waals surface area contributed by atoms with Crippen molar-refractivity contribution in [1.29, 1.82) is 0 Å². The van der Waals surface area contributed by atoms with Gasteiger partial charge in [-0.1, -0.05) is 11.6 Å². The lowest BCUT2D eigenvalue weighted by Crippen LogP contribution is -2.23. The molecule has 0 atom stereocenters. The van der Waals surface area contributed by atoms with Crippen LogP contribution in [0.1, 0.15) is 21.8 Å². The molecule has 0 fully saturated rings. The molecule has 0 bridgehead atoms. The Morgan fingerprint density at radius 3 is 2.81 bits per heavy atom. The van der Waals surface area contributed by atoms with Crippen LogP contribution in [0.4, 0.5) is 0 Å². The molecule has 0 radical (unpaired) electrons. The van der Waals surface area contributed by atoms with Gasteiger partial charge in [-0.05, 0) is 31.9 Å². The van der Waals surface area contributed by atoms with E-state index in [-0.39, 0.29) is 12.2 Å². The Balaban J connectivity index is 2.09. The van der Waals surface area contributed by atoms with E-state index >= 15 is 0 Å². The molecular formula is C14H13ClN4OS. The summed E-state index contributed by atoms with van der Waals surface area (Å²) in [5.41, 5.74) is 1.70. The molecule has 0 aliphatic rings. The summed E-state index contributed by atoms with van der Waals surface area (Å²) in [6.07, 6.45) is 3.28. The molecule has 0 aromatic carbocycles. The highest BCUT2D eigenvalue weighted by Crippen LogP contribution is 2.32. The van der Waals surface area contributed by atoms with E-state index < -0.39 is 0 Å². The molecule has 0 amide bonds. The second-order valence-electron chi connectivity index (χ2n) is 4.94. The first kappa shape index (κ1) is 14.2. The van der Waals surface area contributed by atoms with E-state index in [1.54, 1.807) is 23.7 Å². The molecule has 0 saturated carbocycles.